The van der Waals surface area contributed by atoms with E-state index in [1.807, 2.05) is 26.1 Å². The third-order valence-electron chi connectivity index (χ3n) is 2.90. The molecular formula is C13H16ClN3O. The summed E-state index contributed by atoms with van der Waals surface area (Å²) < 4.78 is 1.55. The van der Waals surface area contributed by atoms with Gasteiger partial charge in [0.1, 0.15) is 0 Å². The van der Waals surface area contributed by atoms with E-state index in [0.717, 1.165) is 29.9 Å². The summed E-state index contributed by atoms with van der Waals surface area (Å²) in [6, 6.07) is 7.18. The van der Waals surface area contributed by atoms with Crippen molar-refractivity contribution in [2.24, 2.45) is 0 Å². The minimum atomic E-state index is 0.00470. The molecule has 2 rings (SSSR count). The van der Waals surface area contributed by atoms with Crippen LogP contribution >= 0.6 is 11.6 Å². The summed E-state index contributed by atoms with van der Waals surface area (Å²) in [5, 5.41) is 6.80. The van der Waals surface area contributed by atoms with Gasteiger partial charge in [0.05, 0.1) is 5.69 Å². The first-order valence-corrected chi connectivity index (χ1v) is 6.22. The zero-order valence-electron chi connectivity index (χ0n) is 10.5. The maximum absolute atomic E-state index is 12.3. The van der Waals surface area contributed by atoms with Crippen molar-refractivity contribution in [2.45, 2.75) is 13.3 Å². The second-order valence-corrected chi connectivity index (χ2v) is 4.62. The number of likely N-dealkylation sites (N-methyl/N-ethyl adjacent to an activating group) is 1. The molecule has 2 aromatic rings. The molecular weight excluding hydrogens is 250 g/mol. The molecule has 0 unspecified atom stereocenters. The highest BCUT2D eigenvalue weighted by Gasteiger charge is 2.11. The molecule has 0 aliphatic carbocycles. The predicted molar refractivity (Wildman–Crippen MR) is 73.8 cm³/mol. The summed E-state index contributed by atoms with van der Waals surface area (Å²) in [5.74, 6) is 0. The van der Waals surface area contributed by atoms with Crippen molar-refractivity contribution in [2.75, 3.05) is 13.6 Å². The van der Waals surface area contributed by atoms with E-state index in [9.17, 15) is 4.79 Å². The smallest absolute Gasteiger partial charge is 0.274 e. The van der Waals surface area contributed by atoms with E-state index < -0.39 is 0 Å². The summed E-state index contributed by atoms with van der Waals surface area (Å²) >= 11 is 5.84. The molecule has 0 radical (unpaired) electrons. The van der Waals surface area contributed by atoms with E-state index in [1.165, 1.54) is 0 Å². The molecule has 0 aliphatic rings. The molecule has 0 fully saturated rings. The average molecular weight is 266 g/mol. The Labute approximate surface area is 111 Å². The molecule has 1 aromatic carbocycles. The van der Waals surface area contributed by atoms with Gasteiger partial charge in [0.2, 0.25) is 0 Å². The second kappa shape index (κ2) is 5.42. The molecule has 0 saturated heterocycles. The summed E-state index contributed by atoms with van der Waals surface area (Å²) in [6.45, 7) is 2.70. The average Bonchev–Trinajstić information content (AvgIpc) is 2.64. The van der Waals surface area contributed by atoms with Gasteiger partial charge >= 0.3 is 0 Å². The van der Waals surface area contributed by atoms with Crippen LogP contribution in [-0.4, -0.2) is 23.4 Å². The number of benzene rings is 1. The normalized spacial score (nSPS) is 10.8. The van der Waals surface area contributed by atoms with Crippen LogP contribution in [0.4, 0.5) is 0 Å². The van der Waals surface area contributed by atoms with E-state index in [4.69, 9.17) is 11.6 Å². The lowest BCUT2D eigenvalue weighted by Gasteiger charge is -2.00. The van der Waals surface area contributed by atoms with Gasteiger partial charge in [-0.25, -0.2) is 4.68 Å². The Morgan fingerprint density at radius 2 is 2.00 bits per heavy atom. The van der Waals surface area contributed by atoms with Crippen LogP contribution in [0.1, 0.15) is 11.3 Å². The molecule has 18 heavy (non-hydrogen) atoms. The lowest BCUT2D eigenvalue weighted by atomic mass is 10.2. The Balaban J connectivity index is 2.40. The third-order valence-corrected chi connectivity index (χ3v) is 3.16. The SMILES string of the molecule is CNCCc1c(C)[nH]n(-c2ccc(Cl)cc2)c1=O. The lowest BCUT2D eigenvalue weighted by Crippen LogP contribution is -2.20. The number of nitrogens with zero attached hydrogens (tertiary/aromatic N) is 1. The zero-order valence-corrected chi connectivity index (χ0v) is 11.2. The van der Waals surface area contributed by atoms with E-state index in [1.54, 1.807) is 16.8 Å². The Kier molecular flexibility index (Phi) is 3.89. The van der Waals surface area contributed by atoms with Crippen LogP contribution in [0, 0.1) is 6.92 Å². The molecule has 0 spiro atoms. The molecule has 5 heteroatoms. The minimum Gasteiger partial charge on any atom is -0.319 e. The van der Waals surface area contributed by atoms with Crippen molar-refractivity contribution in [1.82, 2.24) is 15.1 Å². The number of rotatable bonds is 4. The Bertz CT molecular complexity index is 583. The van der Waals surface area contributed by atoms with Crippen molar-refractivity contribution in [3.05, 3.63) is 50.9 Å². The number of nitrogens with one attached hydrogen (secondary N) is 2. The Hall–Kier alpha value is -1.52. The Morgan fingerprint density at radius 3 is 2.61 bits per heavy atom. The number of aryl methyl sites for hydroxylation is 1. The first-order chi connectivity index (χ1) is 8.63. The molecule has 4 nitrogen and oxygen atoms in total. The number of halogens is 1. The van der Waals surface area contributed by atoms with Gasteiger partial charge < -0.3 is 5.32 Å². The second-order valence-electron chi connectivity index (χ2n) is 4.19. The van der Waals surface area contributed by atoms with Gasteiger partial charge in [-0.3, -0.25) is 9.89 Å². The molecule has 2 N–H and O–H groups in total. The summed E-state index contributed by atoms with van der Waals surface area (Å²) in [6.07, 6.45) is 0.720. The fourth-order valence-electron chi connectivity index (χ4n) is 1.90. The molecule has 0 bridgehead atoms. The van der Waals surface area contributed by atoms with E-state index >= 15 is 0 Å². The van der Waals surface area contributed by atoms with Crippen molar-refractivity contribution in [3.8, 4) is 5.69 Å². The standard InChI is InChI=1S/C13H16ClN3O/c1-9-12(7-8-15-2)13(18)17(16-9)11-5-3-10(14)4-6-11/h3-6,15-16H,7-8H2,1-2H3. The van der Waals surface area contributed by atoms with Gasteiger partial charge in [0.15, 0.2) is 0 Å². The highest BCUT2D eigenvalue weighted by Crippen LogP contribution is 2.12. The monoisotopic (exact) mass is 265 g/mol. The van der Waals surface area contributed by atoms with Crippen molar-refractivity contribution < 1.29 is 0 Å². The van der Waals surface area contributed by atoms with Crippen LogP contribution in [0.5, 0.6) is 0 Å². The minimum absolute atomic E-state index is 0.00470. The molecule has 1 aromatic heterocycles. The van der Waals surface area contributed by atoms with Gasteiger partial charge in [-0.15, -0.1) is 0 Å². The third kappa shape index (κ3) is 2.49. The van der Waals surface area contributed by atoms with Gasteiger partial charge in [-0.2, -0.15) is 0 Å². The van der Waals surface area contributed by atoms with E-state index in [2.05, 4.69) is 10.4 Å². The highest BCUT2D eigenvalue weighted by molar-refractivity contribution is 6.30. The van der Waals surface area contributed by atoms with Crippen LogP contribution in [-0.2, 0) is 6.42 Å². The van der Waals surface area contributed by atoms with Crippen LogP contribution in [0.15, 0.2) is 29.1 Å². The number of aromatic amines is 1. The molecule has 96 valence electrons. The van der Waals surface area contributed by atoms with E-state index in [0.29, 0.717) is 5.02 Å². The number of hydrogen-bond acceptors (Lipinski definition) is 2. The van der Waals surface area contributed by atoms with Crippen molar-refractivity contribution in [3.63, 3.8) is 0 Å². The largest absolute Gasteiger partial charge is 0.319 e. The molecule has 0 atom stereocenters. The fraction of sp³-hybridized carbons (Fsp3) is 0.308. The topological polar surface area (TPSA) is 49.8 Å². The first-order valence-electron chi connectivity index (χ1n) is 5.84. The number of H-pyrrole nitrogens is 1. The van der Waals surface area contributed by atoms with E-state index in [-0.39, 0.29) is 5.56 Å². The van der Waals surface area contributed by atoms with Gasteiger partial charge in [0, 0.05) is 16.3 Å². The number of hydrogen-bond donors (Lipinski definition) is 2. The van der Waals surface area contributed by atoms with Crippen LogP contribution in [0.25, 0.3) is 5.69 Å². The summed E-state index contributed by atoms with van der Waals surface area (Å²) in [4.78, 5) is 12.3. The zero-order chi connectivity index (χ0) is 13.1. The van der Waals surface area contributed by atoms with Crippen LogP contribution in [0.2, 0.25) is 5.02 Å². The fourth-order valence-corrected chi connectivity index (χ4v) is 2.02. The van der Waals surface area contributed by atoms with Crippen LogP contribution < -0.4 is 10.9 Å². The molecule has 0 saturated carbocycles. The highest BCUT2D eigenvalue weighted by atomic mass is 35.5. The van der Waals surface area contributed by atoms with Crippen LogP contribution in [0.3, 0.4) is 0 Å². The summed E-state index contributed by atoms with van der Waals surface area (Å²) in [5.41, 5.74) is 2.53. The molecule has 1 heterocycles. The Morgan fingerprint density at radius 1 is 1.33 bits per heavy atom. The maximum atomic E-state index is 12.3. The summed E-state index contributed by atoms with van der Waals surface area (Å²) in [7, 11) is 1.87. The first kappa shape index (κ1) is 12.9. The van der Waals surface area contributed by atoms with Gasteiger partial charge in [0.25, 0.3) is 5.56 Å². The van der Waals surface area contributed by atoms with Gasteiger partial charge in [-0.05, 0) is 51.2 Å². The number of aromatic nitrogens is 2. The predicted octanol–water partition coefficient (Wildman–Crippen LogP) is 1.89. The van der Waals surface area contributed by atoms with Crippen molar-refractivity contribution in [1.29, 1.82) is 0 Å². The van der Waals surface area contributed by atoms with Gasteiger partial charge in [-0.1, -0.05) is 11.6 Å². The van der Waals surface area contributed by atoms with Crippen molar-refractivity contribution >= 4 is 11.6 Å². The lowest BCUT2D eigenvalue weighted by molar-refractivity contribution is 0.783. The molecule has 0 aliphatic heterocycles. The quantitative estimate of drug-likeness (QED) is 0.887. The maximum Gasteiger partial charge on any atom is 0.274 e. The molecule has 0 amide bonds.